The minimum Gasteiger partial charge on any atom is -0.376 e. The summed E-state index contributed by atoms with van der Waals surface area (Å²) in [4.78, 5) is 26.4. The van der Waals surface area contributed by atoms with E-state index < -0.39 is 6.04 Å². The van der Waals surface area contributed by atoms with Gasteiger partial charge in [0.15, 0.2) is 0 Å². The molecule has 1 atom stereocenters. The van der Waals surface area contributed by atoms with Crippen molar-refractivity contribution in [3.63, 3.8) is 0 Å². The van der Waals surface area contributed by atoms with Crippen molar-refractivity contribution in [2.45, 2.75) is 51.1 Å². The van der Waals surface area contributed by atoms with Crippen LogP contribution in [0.2, 0.25) is 0 Å². The molecule has 0 spiro atoms. The second kappa shape index (κ2) is 6.74. The van der Waals surface area contributed by atoms with Crippen LogP contribution >= 0.6 is 0 Å². The lowest BCUT2D eigenvalue weighted by molar-refractivity contribution is -0.125. The Labute approximate surface area is 125 Å². The third-order valence-corrected chi connectivity index (χ3v) is 4.01. The van der Waals surface area contributed by atoms with Crippen molar-refractivity contribution >= 4 is 11.6 Å². The molecular weight excluding hydrogens is 268 g/mol. The molecule has 1 heterocycles. The van der Waals surface area contributed by atoms with Gasteiger partial charge in [-0.25, -0.2) is 4.68 Å². The number of carbonyl (C=O) groups is 1. The Morgan fingerprint density at radius 2 is 2.14 bits per heavy atom. The number of aromatic nitrogens is 2. The van der Waals surface area contributed by atoms with Crippen molar-refractivity contribution < 1.29 is 4.79 Å². The molecule has 0 aromatic carbocycles. The van der Waals surface area contributed by atoms with E-state index in [1.54, 1.807) is 6.20 Å². The monoisotopic (exact) mass is 292 g/mol. The highest BCUT2D eigenvalue weighted by Crippen LogP contribution is 2.19. The summed E-state index contributed by atoms with van der Waals surface area (Å²) in [6, 6.07) is 1.23. The molecule has 1 aromatic rings. The van der Waals surface area contributed by atoms with Gasteiger partial charge in [0, 0.05) is 26.2 Å². The lowest BCUT2D eigenvalue weighted by Gasteiger charge is -2.20. The molecule has 0 bridgehead atoms. The van der Waals surface area contributed by atoms with Gasteiger partial charge in [0.05, 0.1) is 11.9 Å². The quantitative estimate of drug-likeness (QED) is 0.889. The summed E-state index contributed by atoms with van der Waals surface area (Å²) in [5, 5.41) is 7.21. The highest BCUT2D eigenvalue weighted by molar-refractivity contribution is 5.80. The summed E-state index contributed by atoms with van der Waals surface area (Å²) < 4.78 is 1.29. The fourth-order valence-corrected chi connectivity index (χ4v) is 2.72. The van der Waals surface area contributed by atoms with Gasteiger partial charge in [0.2, 0.25) is 5.91 Å². The molecule has 1 amide bonds. The van der Waals surface area contributed by atoms with Crippen LogP contribution in [0.5, 0.6) is 0 Å². The van der Waals surface area contributed by atoms with E-state index in [9.17, 15) is 9.59 Å². The molecule has 0 aliphatic heterocycles. The normalized spacial score (nSPS) is 16.7. The SMILES string of the molecule is CC[C@H](C(=O)NC1CCCC1)n1ncc(N(C)C)cc1=O. The molecule has 21 heavy (non-hydrogen) atoms. The Kier molecular flexibility index (Phi) is 4.98. The first-order chi connectivity index (χ1) is 10.0. The maximum Gasteiger partial charge on any atom is 0.269 e. The molecule has 1 saturated carbocycles. The molecule has 0 saturated heterocycles. The van der Waals surface area contributed by atoms with Crippen molar-refractivity contribution in [1.29, 1.82) is 0 Å². The smallest absolute Gasteiger partial charge is 0.269 e. The van der Waals surface area contributed by atoms with Crippen LogP contribution in [-0.4, -0.2) is 35.8 Å². The average molecular weight is 292 g/mol. The molecule has 1 aliphatic carbocycles. The molecule has 1 aliphatic rings. The van der Waals surface area contributed by atoms with E-state index in [1.165, 1.54) is 10.7 Å². The van der Waals surface area contributed by atoms with Crippen LogP contribution in [0.3, 0.4) is 0 Å². The van der Waals surface area contributed by atoms with Gasteiger partial charge < -0.3 is 10.2 Å². The number of amides is 1. The lowest BCUT2D eigenvalue weighted by atomic mass is 10.1. The van der Waals surface area contributed by atoms with Gasteiger partial charge in [-0.05, 0) is 19.3 Å². The van der Waals surface area contributed by atoms with Gasteiger partial charge in [-0.1, -0.05) is 19.8 Å². The number of nitrogens with one attached hydrogen (secondary N) is 1. The number of hydrogen-bond acceptors (Lipinski definition) is 4. The van der Waals surface area contributed by atoms with E-state index in [0.717, 1.165) is 31.4 Å². The fourth-order valence-electron chi connectivity index (χ4n) is 2.72. The summed E-state index contributed by atoms with van der Waals surface area (Å²) in [6.07, 6.45) is 6.56. The molecule has 1 fully saturated rings. The van der Waals surface area contributed by atoms with Gasteiger partial charge >= 0.3 is 0 Å². The van der Waals surface area contributed by atoms with E-state index >= 15 is 0 Å². The van der Waals surface area contributed by atoms with Crippen LogP contribution in [-0.2, 0) is 4.79 Å². The van der Waals surface area contributed by atoms with Crippen molar-refractivity contribution in [3.8, 4) is 0 Å². The number of hydrogen-bond donors (Lipinski definition) is 1. The van der Waals surface area contributed by atoms with Gasteiger partial charge in [0.1, 0.15) is 6.04 Å². The second-order valence-corrected chi connectivity index (χ2v) is 5.81. The van der Waals surface area contributed by atoms with E-state index in [-0.39, 0.29) is 17.5 Å². The van der Waals surface area contributed by atoms with E-state index in [0.29, 0.717) is 6.42 Å². The highest BCUT2D eigenvalue weighted by atomic mass is 16.2. The van der Waals surface area contributed by atoms with E-state index in [2.05, 4.69) is 10.4 Å². The zero-order chi connectivity index (χ0) is 15.4. The number of rotatable bonds is 5. The van der Waals surface area contributed by atoms with Gasteiger partial charge in [0.25, 0.3) is 5.56 Å². The van der Waals surface area contributed by atoms with E-state index in [4.69, 9.17) is 0 Å². The molecule has 1 aromatic heterocycles. The lowest BCUT2D eigenvalue weighted by Crippen LogP contribution is -2.41. The Morgan fingerprint density at radius 1 is 1.48 bits per heavy atom. The highest BCUT2D eigenvalue weighted by Gasteiger charge is 2.25. The predicted octanol–water partition coefficient (Wildman–Crippen LogP) is 1.32. The first-order valence-corrected chi connectivity index (χ1v) is 7.59. The van der Waals surface area contributed by atoms with E-state index in [1.807, 2.05) is 25.9 Å². The zero-order valence-corrected chi connectivity index (χ0v) is 13.0. The summed E-state index contributed by atoms with van der Waals surface area (Å²) in [6.45, 7) is 1.90. The molecule has 0 radical (unpaired) electrons. The van der Waals surface area contributed by atoms with Crippen molar-refractivity contribution in [2.24, 2.45) is 0 Å². The topological polar surface area (TPSA) is 67.2 Å². The summed E-state index contributed by atoms with van der Waals surface area (Å²) in [7, 11) is 3.70. The molecule has 0 unspecified atom stereocenters. The van der Waals surface area contributed by atoms with Crippen LogP contribution < -0.4 is 15.8 Å². The Hall–Kier alpha value is -1.85. The largest absolute Gasteiger partial charge is 0.376 e. The summed E-state index contributed by atoms with van der Waals surface area (Å²) >= 11 is 0. The third kappa shape index (κ3) is 3.62. The molecule has 1 N–H and O–H groups in total. The van der Waals surface area contributed by atoms with Gasteiger partial charge in [-0.3, -0.25) is 9.59 Å². The van der Waals surface area contributed by atoms with Crippen LogP contribution in [0.25, 0.3) is 0 Å². The average Bonchev–Trinajstić information content (AvgIpc) is 2.94. The van der Waals surface area contributed by atoms with Crippen LogP contribution in [0.1, 0.15) is 45.1 Å². The fraction of sp³-hybridized carbons (Fsp3) is 0.667. The van der Waals surface area contributed by atoms with Crippen molar-refractivity contribution in [2.75, 3.05) is 19.0 Å². The minimum absolute atomic E-state index is 0.100. The number of nitrogens with zero attached hydrogens (tertiary/aromatic N) is 3. The Morgan fingerprint density at radius 3 is 2.67 bits per heavy atom. The zero-order valence-electron chi connectivity index (χ0n) is 13.0. The second-order valence-electron chi connectivity index (χ2n) is 5.81. The predicted molar refractivity (Wildman–Crippen MR) is 82.6 cm³/mol. The third-order valence-electron chi connectivity index (χ3n) is 4.01. The molecule has 6 heteroatoms. The molecule has 6 nitrogen and oxygen atoms in total. The van der Waals surface area contributed by atoms with Crippen LogP contribution in [0, 0.1) is 0 Å². The Balaban J connectivity index is 2.16. The maximum absolute atomic E-state index is 12.4. The molecular formula is C15H24N4O2. The van der Waals surface area contributed by atoms with Crippen molar-refractivity contribution in [3.05, 3.63) is 22.6 Å². The van der Waals surface area contributed by atoms with Crippen LogP contribution in [0.15, 0.2) is 17.1 Å². The van der Waals surface area contributed by atoms with Gasteiger partial charge in [-0.15, -0.1) is 0 Å². The number of carbonyl (C=O) groups excluding carboxylic acids is 1. The summed E-state index contributed by atoms with van der Waals surface area (Å²) in [5.74, 6) is -0.100. The van der Waals surface area contributed by atoms with Crippen LogP contribution in [0.4, 0.5) is 5.69 Å². The minimum atomic E-state index is -0.533. The Bertz CT molecular complexity index is 547. The molecule has 2 rings (SSSR count). The first-order valence-electron chi connectivity index (χ1n) is 7.59. The number of anilines is 1. The standard InChI is InChI=1S/C15H24N4O2/c1-4-13(15(21)17-11-7-5-6-8-11)19-14(20)9-12(10-16-19)18(2)3/h9-11,13H,4-8H2,1-3H3,(H,17,21)/t13-/m1/s1. The van der Waals surface area contributed by atoms with Gasteiger partial charge in [-0.2, -0.15) is 5.10 Å². The molecule has 116 valence electrons. The van der Waals surface area contributed by atoms with Crippen molar-refractivity contribution in [1.82, 2.24) is 15.1 Å². The first kappa shape index (κ1) is 15.5. The summed E-state index contributed by atoms with van der Waals surface area (Å²) in [5.41, 5.74) is 0.497. The maximum atomic E-state index is 12.4.